The highest BCUT2D eigenvalue weighted by Gasteiger charge is 2.53. The first kappa shape index (κ1) is 17.2. The molecule has 1 aromatic heterocycles. The van der Waals surface area contributed by atoms with Gasteiger partial charge in [-0.15, -0.1) is 0 Å². The fourth-order valence-corrected chi connectivity index (χ4v) is 3.53. The van der Waals surface area contributed by atoms with Crippen LogP contribution in [0.1, 0.15) is 19.3 Å². The molecule has 1 amide bonds. The Morgan fingerprint density at radius 2 is 2.29 bits per heavy atom. The second-order valence-corrected chi connectivity index (χ2v) is 7.01. The van der Waals surface area contributed by atoms with Crippen LogP contribution in [0.2, 0.25) is 0 Å². The van der Waals surface area contributed by atoms with Crippen LogP contribution < -0.4 is 4.74 Å². The highest BCUT2D eigenvalue weighted by atomic mass is 16.5. The molecule has 0 aromatic carbocycles. The van der Waals surface area contributed by atoms with Gasteiger partial charge in [0.2, 0.25) is 11.8 Å². The van der Waals surface area contributed by atoms with Crippen LogP contribution in [0.5, 0.6) is 5.88 Å². The van der Waals surface area contributed by atoms with E-state index in [4.69, 9.17) is 9.47 Å². The van der Waals surface area contributed by atoms with Crippen LogP contribution in [0, 0.1) is 5.92 Å². The number of hydrogen-bond acceptors (Lipinski definition) is 5. The largest absolute Gasteiger partial charge is 0.478 e. The Balaban J connectivity index is 1.44. The number of carbonyl (C=O) groups excluding carboxylic acids is 1. The summed E-state index contributed by atoms with van der Waals surface area (Å²) in [6, 6.07) is 5.67. The van der Waals surface area contributed by atoms with Crippen LogP contribution >= 0.6 is 0 Å². The Morgan fingerprint density at radius 3 is 3.00 bits per heavy atom. The van der Waals surface area contributed by atoms with Gasteiger partial charge in [0.15, 0.2) is 0 Å². The van der Waals surface area contributed by atoms with E-state index < -0.39 is 0 Å². The summed E-state index contributed by atoms with van der Waals surface area (Å²) in [6.45, 7) is 3.68. The number of hydrogen-bond donors (Lipinski definition) is 0. The lowest BCUT2D eigenvalue weighted by Gasteiger charge is -2.50. The molecule has 2 fully saturated rings. The maximum absolute atomic E-state index is 12.2. The average Bonchev–Trinajstić information content (AvgIpc) is 2.96. The SMILES string of the molecule is CN(C)CCC(=O)N1CC2(C1)OCCC2CCOc1ccccn1. The number of ether oxygens (including phenoxy) is 2. The van der Waals surface area contributed by atoms with Crippen molar-refractivity contribution in [2.24, 2.45) is 5.92 Å². The number of aromatic nitrogens is 1. The van der Waals surface area contributed by atoms with Crippen LogP contribution in [0.25, 0.3) is 0 Å². The second-order valence-electron chi connectivity index (χ2n) is 7.01. The Bertz CT molecular complexity index is 544. The van der Waals surface area contributed by atoms with Crippen molar-refractivity contribution >= 4 is 5.91 Å². The number of nitrogens with zero attached hydrogens (tertiary/aromatic N) is 3. The number of likely N-dealkylation sites (tertiary alicyclic amines) is 1. The van der Waals surface area contributed by atoms with Crippen molar-refractivity contribution in [3.05, 3.63) is 24.4 Å². The van der Waals surface area contributed by atoms with E-state index in [1.165, 1.54) is 0 Å². The van der Waals surface area contributed by atoms with E-state index in [0.29, 0.717) is 24.8 Å². The van der Waals surface area contributed by atoms with Crippen molar-refractivity contribution in [3.63, 3.8) is 0 Å². The molecule has 24 heavy (non-hydrogen) atoms. The van der Waals surface area contributed by atoms with Crippen LogP contribution in [-0.4, -0.2) is 73.2 Å². The van der Waals surface area contributed by atoms with Gasteiger partial charge < -0.3 is 19.3 Å². The molecule has 0 aliphatic carbocycles. The first-order chi connectivity index (χ1) is 11.6. The smallest absolute Gasteiger partial charge is 0.224 e. The lowest BCUT2D eigenvalue weighted by molar-refractivity contribution is -0.166. The van der Waals surface area contributed by atoms with E-state index in [0.717, 1.165) is 39.1 Å². The van der Waals surface area contributed by atoms with Crippen molar-refractivity contribution in [1.29, 1.82) is 0 Å². The third-order valence-electron chi connectivity index (χ3n) is 5.00. The van der Waals surface area contributed by atoms with Gasteiger partial charge in [0.05, 0.1) is 19.7 Å². The molecule has 0 radical (unpaired) electrons. The monoisotopic (exact) mass is 333 g/mol. The molecule has 1 atom stereocenters. The molecule has 0 bridgehead atoms. The Morgan fingerprint density at radius 1 is 1.46 bits per heavy atom. The minimum absolute atomic E-state index is 0.138. The van der Waals surface area contributed by atoms with E-state index in [2.05, 4.69) is 4.98 Å². The number of rotatable bonds is 7. The van der Waals surface area contributed by atoms with E-state index >= 15 is 0 Å². The molecule has 0 N–H and O–H groups in total. The quantitative estimate of drug-likeness (QED) is 0.755. The van der Waals surface area contributed by atoms with E-state index in [-0.39, 0.29) is 11.5 Å². The summed E-state index contributed by atoms with van der Waals surface area (Å²) in [4.78, 5) is 20.3. The van der Waals surface area contributed by atoms with Crippen molar-refractivity contribution in [1.82, 2.24) is 14.8 Å². The summed E-state index contributed by atoms with van der Waals surface area (Å²) in [5.74, 6) is 1.35. The first-order valence-electron chi connectivity index (χ1n) is 8.69. The maximum atomic E-state index is 12.2. The van der Waals surface area contributed by atoms with E-state index in [1.54, 1.807) is 6.20 Å². The molecule has 132 valence electrons. The van der Waals surface area contributed by atoms with Gasteiger partial charge in [-0.2, -0.15) is 0 Å². The molecule has 3 rings (SSSR count). The molecule has 6 heteroatoms. The van der Waals surface area contributed by atoms with Crippen LogP contribution in [-0.2, 0) is 9.53 Å². The zero-order valence-corrected chi connectivity index (χ0v) is 14.6. The minimum Gasteiger partial charge on any atom is -0.478 e. The topological polar surface area (TPSA) is 54.9 Å². The second kappa shape index (κ2) is 7.49. The van der Waals surface area contributed by atoms with Gasteiger partial charge in [-0.3, -0.25) is 4.79 Å². The molecule has 2 aliphatic heterocycles. The van der Waals surface area contributed by atoms with Crippen LogP contribution in [0.3, 0.4) is 0 Å². The third-order valence-corrected chi connectivity index (χ3v) is 5.00. The van der Waals surface area contributed by atoms with Crippen LogP contribution in [0.4, 0.5) is 0 Å². The average molecular weight is 333 g/mol. The first-order valence-corrected chi connectivity index (χ1v) is 8.69. The van der Waals surface area contributed by atoms with Gasteiger partial charge in [0, 0.05) is 31.8 Å². The molecule has 1 spiro atoms. The summed E-state index contributed by atoms with van der Waals surface area (Å²) in [6.07, 6.45) is 4.30. The summed E-state index contributed by atoms with van der Waals surface area (Å²) < 4.78 is 11.7. The molecule has 6 nitrogen and oxygen atoms in total. The lowest BCUT2D eigenvalue weighted by Crippen LogP contribution is -2.66. The zero-order valence-electron chi connectivity index (χ0n) is 14.6. The van der Waals surface area contributed by atoms with E-state index in [1.807, 2.05) is 42.1 Å². The fourth-order valence-electron chi connectivity index (χ4n) is 3.53. The maximum Gasteiger partial charge on any atom is 0.224 e. The highest BCUT2D eigenvalue weighted by molar-refractivity contribution is 5.77. The molecule has 3 heterocycles. The van der Waals surface area contributed by atoms with Crippen molar-refractivity contribution in [2.45, 2.75) is 24.9 Å². The predicted octanol–water partition coefficient (Wildman–Crippen LogP) is 1.42. The molecular formula is C18H27N3O3. The normalized spacial score (nSPS) is 22.0. The van der Waals surface area contributed by atoms with Crippen LogP contribution in [0.15, 0.2) is 24.4 Å². The van der Waals surface area contributed by atoms with Gasteiger partial charge in [0.25, 0.3) is 0 Å². The van der Waals surface area contributed by atoms with Crippen molar-refractivity contribution in [3.8, 4) is 5.88 Å². The van der Waals surface area contributed by atoms with Gasteiger partial charge in [-0.05, 0) is 38.9 Å². The van der Waals surface area contributed by atoms with Gasteiger partial charge in [-0.25, -0.2) is 4.98 Å². The highest BCUT2D eigenvalue weighted by Crippen LogP contribution is 2.41. The number of amides is 1. The molecule has 2 aliphatic rings. The number of pyridine rings is 1. The zero-order chi connectivity index (χ0) is 17.0. The van der Waals surface area contributed by atoms with Crippen molar-refractivity contribution in [2.75, 3.05) is 46.9 Å². The van der Waals surface area contributed by atoms with Gasteiger partial charge in [0.1, 0.15) is 5.60 Å². The summed E-state index contributed by atoms with van der Waals surface area (Å²) >= 11 is 0. The summed E-state index contributed by atoms with van der Waals surface area (Å²) in [5.41, 5.74) is -0.138. The van der Waals surface area contributed by atoms with E-state index in [9.17, 15) is 4.79 Å². The van der Waals surface area contributed by atoms with Gasteiger partial charge >= 0.3 is 0 Å². The summed E-state index contributed by atoms with van der Waals surface area (Å²) in [5, 5.41) is 0. The molecule has 1 unspecified atom stereocenters. The standard InChI is InChI=1S/C18H27N3O3/c1-20(2)10-6-17(22)21-13-18(14-21)15(8-12-24-18)7-11-23-16-5-3-4-9-19-16/h3-5,9,15H,6-8,10-14H2,1-2H3. The van der Waals surface area contributed by atoms with Gasteiger partial charge in [-0.1, -0.05) is 6.07 Å². The Labute approximate surface area is 143 Å². The molecular weight excluding hydrogens is 306 g/mol. The Hall–Kier alpha value is -1.66. The lowest BCUT2D eigenvalue weighted by atomic mass is 9.79. The fraction of sp³-hybridized carbons (Fsp3) is 0.667. The molecule has 0 saturated carbocycles. The Kier molecular flexibility index (Phi) is 5.36. The van der Waals surface area contributed by atoms with Crippen molar-refractivity contribution < 1.29 is 14.3 Å². The molecule has 1 aromatic rings. The third kappa shape index (κ3) is 3.87. The number of carbonyl (C=O) groups is 1. The summed E-state index contributed by atoms with van der Waals surface area (Å²) in [7, 11) is 3.98. The minimum atomic E-state index is -0.138. The predicted molar refractivity (Wildman–Crippen MR) is 90.9 cm³/mol. The molecule has 2 saturated heterocycles.